The number of nitrogens with one attached hydrogen (secondary N) is 1. The number of likely N-dealkylation sites (N-methyl/N-ethyl adjacent to an activating group) is 1. The van der Waals surface area contributed by atoms with Gasteiger partial charge in [0, 0.05) is 39.2 Å². The number of halogens is 1. The van der Waals surface area contributed by atoms with E-state index in [0.717, 1.165) is 6.29 Å². The van der Waals surface area contributed by atoms with Gasteiger partial charge in [0.1, 0.15) is 19.5 Å². The van der Waals surface area contributed by atoms with Crippen LogP contribution >= 0.6 is 0 Å². The van der Waals surface area contributed by atoms with Gasteiger partial charge in [0.15, 0.2) is 6.86 Å². The van der Waals surface area contributed by atoms with Gasteiger partial charge < -0.3 is 35.3 Å². The van der Waals surface area contributed by atoms with Crippen molar-refractivity contribution in [3.05, 3.63) is 0 Å². The van der Waals surface area contributed by atoms with E-state index in [2.05, 4.69) is 10.1 Å². The summed E-state index contributed by atoms with van der Waals surface area (Å²) in [7, 11) is 1.78. The fourth-order valence-electron chi connectivity index (χ4n) is 1.16. The number of aldehydes is 1. The van der Waals surface area contributed by atoms with Crippen molar-refractivity contribution in [1.29, 1.82) is 0 Å². The van der Waals surface area contributed by atoms with Gasteiger partial charge in [-0.1, -0.05) is 6.92 Å². The fraction of sp³-hybridized carbons (Fsp3) is 0.800. The molecule has 0 aliphatic rings. The second kappa shape index (κ2) is 24.6. The summed E-state index contributed by atoms with van der Waals surface area (Å²) in [5.41, 5.74) is 5.37. The number of carboxylic acids is 1. The summed E-state index contributed by atoms with van der Waals surface area (Å²) in [6, 6.07) is 0. The Labute approximate surface area is 148 Å². The number of rotatable bonds is 12. The van der Waals surface area contributed by atoms with Gasteiger partial charge in [-0.05, 0) is 14.0 Å². The van der Waals surface area contributed by atoms with E-state index in [9.17, 15) is 18.8 Å². The third-order valence-corrected chi connectivity index (χ3v) is 2.28. The first-order valence-electron chi connectivity index (χ1n) is 7.94. The number of alkyl halides is 1. The summed E-state index contributed by atoms with van der Waals surface area (Å²) >= 11 is 0. The molecular weight excluding hydrogens is 337 g/mol. The maximum absolute atomic E-state index is 11.5. The van der Waals surface area contributed by atoms with E-state index in [-0.39, 0.29) is 12.5 Å². The SMILES string of the molecule is CCC=O.CCOCF.CNCCN(CCN)C(=O)COCC(=O)O. The summed E-state index contributed by atoms with van der Waals surface area (Å²) in [6.45, 7) is 4.68. The zero-order chi connectivity index (χ0) is 19.9. The summed E-state index contributed by atoms with van der Waals surface area (Å²) in [5.74, 6) is -1.34. The molecule has 0 unspecified atom stereocenters. The molecule has 4 N–H and O–H groups in total. The smallest absolute Gasteiger partial charge is 0.329 e. The Hall–Kier alpha value is -1.62. The van der Waals surface area contributed by atoms with Crippen molar-refractivity contribution < 1.29 is 33.4 Å². The van der Waals surface area contributed by atoms with Crippen molar-refractivity contribution in [2.45, 2.75) is 20.3 Å². The van der Waals surface area contributed by atoms with Crippen LogP contribution in [0.1, 0.15) is 20.3 Å². The molecule has 0 bridgehead atoms. The van der Waals surface area contributed by atoms with Crippen LogP contribution < -0.4 is 11.1 Å². The van der Waals surface area contributed by atoms with Gasteiger partial charge in [-0.15, -0.1) is 0 Å². The number of nitrogens with zero attached hydrogens (tertiary/aromatic N) is 1. The van der Waals surface area contributed by atoms with Crippen LogP contribution in [0, 0.1) is 0 Å². The molecule has 0 spiro atoms. The Kier molecular flexibility index (Phi) is 27.8. The van der Waals surface area contributed by atoms with E-state index in [0.29, 0.717) is 39.2 Å². The molecule has 10 heteroatoms. The van der Waals surface area contributed by atoms with Gasteiger partial charge >= 0.3 is 5.97 Å². The summed E-state index contributed by atoms with van der Waals surface area (Å²) < 4.78 is 19.7. The predicted molar refractivity (Wildman–Crippen MR) is 92.0 cm³/mol. The number of amides is 1. The number of carbonyl (C=O) groups is 3. The summed E-state index contributed by atoms with van der Waals surface area (Å²) in [4.78, 5) is 32.4. The quantitative estimate of drug-likeness (QED) is 0.398. The van der Waals surface area contributed by atoms with Gasteiger partial charge in [-0.2, -0.15) is 0 Å². The van der Waals surface area contributed by atoms with Crippen molar-refractivity contribution in [2.75, 3.05) is 59.9 Å². The van der Waals surface area contributed by atoms with Crippen LogP contribution in [0.5, 0.6) is 0 Å². The minimum Gasteiger partial charge on any atom is -0.480 e. The molecule has 0 aliphatic heterocycles. The average molecular weight is 369 g/mol. The highest BCUT2D eigenvalue weighted by molar-refractivity contribution is 5.78. The summed E-state index contributed by atoms with van der Waals surface area (Å²) in [5, 5.41) is 11.2. The van der Waals surface area contributed by atoms with E-state index < -0.39 is 19.4 Å². The first-order chi connectivity index (χ1) is 11.9. The number of hydrogen-bond acceptors (Lipinski definition) is 7. The monoisotopic (exact) mass is 369 g/mol. The van der Waals surface area contributed by atoms with Crippen LogP contribution in [0.3, 0.4) is 0 Å². The molecule has 0 saturated heterocycles. The highest BCUT2D eigenvalue weighted by Crippen LogP contribution is 1.90. The zero-order valence-corrected chi connectivity index (χ0v) is 15.3. The third-order valence-electron chi connectivity index (χ3n) is 2.28. The average Bonchev–Trinajstić information content (AvgIpc) is 2.59. The molecule has 0 heterocycles. The van der Waals surface area contributed by atoms with Gasteiger partial charge in [0.25, 0.3) is 0 Å². The number of aliphatic carboxylic acids is 1. The molecule has 9 nitrogen and oxygen atoms in total. The van der Waals surface area contributed by atoms with Crippen LogP contribution in [0.25, 0.3) is 0 Å². The lowest BCUT2D eigenvalue weighted by Gasteiger charge is -2.21. The van der Waals surface area contributed by atoms with Gasteiger partial charge in [-0.3, -0.25) is 4.79 Å². The Balaban J connectivity index is -0.000000442. The Bertz CT molecular complexity index is 320. The normalized spacial score (nSPS) is 9.16. The maximum atomic E-state index is 11.5. The molecule has 0 aromatic heterocycles. The molecule has 0 aromatic rings. The van der Waals surface area contributed by atoms with E-state index >= 15 is 0 Å². The first kappa shape index (κ1) is 28.2. The molecule has 0 atom stereocenters. The molecule has 0 radical (unpaired) electrons. The van der Waals surface area contributed by atoms with Crippen LogP contribution in [-0.4, -0.2) is 88.1 Å². The van der Waals surface area contributed by atoms with Crippen molar-refractivity contribution in [3.63, 3.8) is 0 Å². The van der Waals surface area contributed by atoms with E-state index in [1.807, 2.05) is 6.92 Å². The second-order valence-corrected chi connectivity index (χ2v) is 4.34. The molecule has 0 rings (SSSR count). The zero-order valence-electron chi connectivity index (χ0n) is 15.3. The van der Waals surface area contributed by atoms with E-state index in [1.165, 1.54) is 0 Å². The molecule has 0 aliphatic carbocycles. The maximum Gasteiger partial charge on any atom is 0.329 e. The molecular formula is C15H32FN3O6. The molecule has 1 amide bonds. The lowest BCUT2D eigenvalue weighted by molar-refractivity contribution is -0.145. The third kappa shape index (κ3) is 27.5. The lowest BCUT2D eigenvalue weighted by atomic mass is 10.4. The molecule has 0 aromatic carbocycles. The minimum absolute atomic E-state index is 0.226. The number of carboxylic acid groups (broad SMARTS) is 1. The Morgan fingerprint density at radius 3 is 2.16 bits per heavy atom. The molecule has 25 heavy (non-hydrogen) atoms. The van der Waals surface area contributed by atoms with Crippen LogP contribution in [0.2, 0.25) is 0 Å². The highest BCUT2D eigenvalue weighted by atomic mass is 19.1. The Morgan fingerprint density at radius 1 is 1.24 bits per heavy atom. The molecule has 0 fully saturated rings. The topological polar surface area (TPSA) is 131 Å². The van der Waals surface area contributed by atoms with E-state index in [4.69, 9.17) is 15.6 Å². The second-order valence-electron chi connectivity index (χ2n) is 4.34. The number of nitrogens with two attached hydrogens (primary N) is 1. The number of carbonyl (C=O) groups excluding carboxylic acids is 2. The fourth-order valence-corrected chi connectivity index (χ4v) is 1.16. The van der Waals surface area contributed by atoms with Crippen molar-refractivity contribution >= 4 is 18.2 Å². The van der Waals surface area contributed by atoms with Crippen molar-refractivity contribution in [3.8, 4) is 0 Å². The van der Waals surface area contributed by atoms with Crippen LogP contribution in [-0.2, 0) is 23.9 Å². The van der Waals surface area contributed by atoms with Gasteiger partial charge in [0.2, 0.25) is 5.91 Å². The van der Waals surface area contributed by atoms with Crippen LogP contribution in [0.15, 0.2) is 0 Å². The van der Waals surface area contributed by atoms with Crippen molar-refractivity contribution in [2.24, 2.45) is 5.73 Å². The molecule has 0 saturated carbocycles. The van der Waals surface area contributed by atoms with E-state index in [1.54, 1.807) is 18.9 Å². The Morgan fingerprint density at radius 2 is 1.84 bits per heavy atom. The highest BCUT2D eigenvalue weighted by Gasteiger charge is 2.12. The molecule has 150 valence electrons. The van der Waals surface area contributed by atoms with Gasteiger partial charge in [-0.25, -0.2) is 9.18 Å². The van der Waals surface area contributed by atoms with Crippen molar-refractivity contribution in [1.82, 2.24) is 10.2 Å². The number of hydrogen-bond donors (Lipinski definition) is 3. The van der Waals surface area contributed by atoms with Crippen LogP contribution in [0.4, 0.5) is 4.39 Å². The predicted octanol–water partition coefficient (Wildman–Crippen LogP) is -0.360. The van der Waals surface area contributed by atoms with Gasteiger partial charge in [0.05, 0.1) is 0 Å². The standard InChI is InChI=1S/C9H19N3O4.C3H7FO.C3H6O/c1-11-3-5-12(4-2-10)8(13)6-16-7-9(14)15;1-2-5-3-4;1-2-3-4/h11H,2-7,10H2,1H3,(H,14,15);2-3H2,1H3;3H,2H2,1H3. The number of ether oxygens (including phenoxy) is 2. The largest absolute Gasteiger partial charge is 0.480 e. The lowest BCUT2D eigenvalue weighted by Crippen LogP contribution is -2.41. The minimum atomic E-state index is -1.09. The first-order valence-corrected chi connectivity index (χ1v) is 7.94. The summed E-state index contributed by atoms with van der Waals surface area (Å²) in [6.07, 6.45) is 1.51.